The molecule has 0 radical (unpaired) electrons. The Balaban J connectivity index is 2.16. The van der Waals surface area contributed by atoms with Gasteiger partial charge in [0.1, 0.15) is 0 Å². The van der Waals surface area contributed by atoms with Gasteiger partial charge in [0, 0.05) is 12.6 Å². The van der Waals surface area contributed by atoms with Gasteiger partial charge in [-0.1, -0.05) is 13.8 Å². The molecule has 14 heavy (non-hydrogen) atoms. The van der Waals surface area contributed by atoms with E-state index in [9.17, 15) is 5.11 Å². The van der Waals surface area contributed by atoms with Gasteiger partial charge in [0.05, 0.1) is 12.7 Å². The molecule has 3 nitrogen and oxygen atoms in total. The summed E-state index contributed by atoms with van der Waals surface area (Å²) in [6.07, 6.45) is 4.26. The van der Waals surface area contributed by atoms with Gasteiger partial charge in [0.15, 0.2) is 0 Å². The van der Waals surface area contributed by atoms with Crippen molar-refractivity contribution in [2.75, 3.05) is 13.2 Å². The number of aliphatic hydroxyl groups excluding tert-OH is 2. The average Bonchev–Trinajstić information content (AvgIpc) is 2.16. The van der Waals surface area contributed by atoms with Crippen LogP contribution in [0, 0.1) is 5.41 Å². The lowest BCUT2D eigenvalue weighted by Gasteiger charge is -2.35. The number of hydrogen-bond acceptors (Lipinski definition) is 3. The highest BCUT2D eigenvalue weighted by Gasteiger charge is 2.26. The smallest absolute Gasteiger partial charge is 0.0895 e. The van der Waals surface area contributed by atoms with Crippen molar-refractivity contribution in [1.82, 2.24) is 5.32 Å². The van der Waals surface area contributed by atoms with Crippen LogP contribution in [-0.2, 0) is 0 Å². The fourth-order valence-corrected chi connectivity index (χ4v) is 1.97. The molecule has 0 aromatic carbocycles. The molecular formula is C11H23NO2. The van der Waals surface area contributed by atoms with Crippen molar-refractivity contribution >= 4 is 0 Å². The SMILES string of the molecule is CC1(C)CCC(NCC(O)CO)CC1. The van der Waals surface area contributed by atoms with Crippen LogP contribution in [0.2, 0.25) is 0 Å². The molecule has 3 N–H and O–H groups in total. The highest BCUT2D eigenvalue weighted by atomic mass is 16.3. The molecule has 1 rings (SSSR count). The summed E-state index contributed by atoms with van der Waals surface area (Å²) in [6.45, 7) is 4.99. The zero-order valence-electron chi connectivity index (χ0n) is 9.29. The summed E-state index contributed by atoms with van der Waals surface area (Å²) < 4.78 is 0. The summed E-state index contributed by atoms with van der Waals surface area (Å²) in [5.41, 5.74) is 0.494. The van der Waals surface area contributed by atoms with Gasteiger partial charge in [0.25, 0.3) is 0 Å². The van der Waals surface area contributed by atoms with E-state index in [0.717, 1.165) is 0 Å². The monoisotopic (exact) mass is 201 g/mol. The van der Waals surface area contributed by atoms with Crippen LogP contribution in [-0.4, -0.2) is 35.5 Å². The molecule has 1 aliphatic rings. The zero-order valence-corrected chi connectivity index (χ0v) is 9.29. The van der Waals surface area contributed by atoms with E-state index >= 15 is 0 Å². The van der Waals surface area contributed by atoms with Crippen LogP contribution >= 0.6 is 0 Å². The van der Waals surface area contributed by atoms with Crippen molar-refractivity contribution in [3.8, 4) is 0 Å². The van der Waals surface area contributed by atoms with Gasteiger partial charge in [-0.15, -0.1) is 0 Å². The van der Waals surface area contributed by atoms with E-state index in [1.165, 1.54) is 25.7 Å². The first-order chi connectivity index (χ1) is 6.53. The lowest BCUT2D eigenvalue weighted by Crippen LogP contribution is -2.40. The van der Waals surface area contributed by atoms with E-state index in [-0.39, 0.29) is 6.61 Å². The lowest BCUT2D eigenvalue weighted by molar-refractivity contribution is 0.0875. The Morgan fingerprint density at radius 1 is 1.36 bits per heavy atom. The zero-order chi connectivity index (χ0) is 10.6. The Kier molecular flexibility index (Phi) is 4.35. The molecule has 0 spiro atoms. The maximum atomic E-state index is 9.18. The second-order valence-electron chi connectivity index (χ2n) is 5.18. The number of aliphatic hydroxyl groups is 2. The largest absolute Gasteiger partial charge is 0.394 e. The molecule has 84 valence electrons. The van der Waals surface area contributed by atoms with Crippen LogP contribution in [0.1, 0.15) is 39.5 Å². The van der Waals surface area contributed by atoms with Gasteiger partial charge in [-0.05, 0) is 31.1 Å². The van der Waals surface area contributed by atoms with Crippen LogP contribution in [0.4, 0.5) is 0 Å². The van der Waals surface area contributed by atoms with E-state index in [4.69, 9.17) is 5.11 Å². The molecular weight excluding hydrogens is 178 g/mol. The first-order valence-corrected chi connectivity index (χ1v) is 5.56. The maximum absolute atomic E-state index is 9.18. The molecule has 1 unspecified atom stereocenters. The highest BCUT2D eigenvalue weighted by Crippen LogP contribution is 2.34. The number of nitrogens with one attached hydrogen (secondary N) is 1. The topological polar surface area (TPSA) is 52.5 Å². The summed E-state index contributed by atoms with van der Waals surface area (Å²) in [7, 11) is 0. The van der Waals surface area contributed by atoms with E-state index in [1.807, 2.05) is 0 Å². The summed E-state index contributed by atoms with van der Waals surface area (Å²) in [5.74, 6) is 0. The molecule has 1 atom stereocenters. The second kappa shape index (κ2) is 5.10. The van der Waals surface area contributed by atoms with Crippen molar-refractivity contribution < 1.29 is 10.2 Å². The molecule has 1 fully saturated rings. The summed E-state index contributed by atoms with van der Waals surface area (Å²) >= 11 is 0. The van der Waals surface area contributed by atoms with Crippen molar-refractivity contribution in [2.45, 2.75) is 51.7 Å². The Hall–Kier alpha value is -0.120. The van der Waals surface area contributed by atoms with Gasteiger partial charge in [0.2, 0.25) is 0 Å². The van der Waals surface area contributed by atoms with Gasteiger partial charge < -0.3 is 15.5 Å². The quantitative estimate of drug-likeness (QED) is 0.633. The summed E-state index contributed by atoms with van der Waals surface area (Å²) in [6, 6.07) is 0.532. The van der Waals surface area contributed by atoms with E-state index < -0.39 is 6.10 Å². The Labute approximate surface area is 86.5 Å². The molecule has 0 amide bonds. The lowest BCUT2D eigenvalue weighted by atomic mass is 9.75. The summed E-state index contributed by atoms with van der Waals surface area (Å²) in [4.78, 5) is 0. The third-order valence-electron chi connectivity index (χ3n) is 3.19. The Bertz CT molecular complexity index is 161. The molecule has 0 aliphatic heterocycles. The third kappa shape index (κ3) is 3.95. The van der Waals surface area contributed by atoms with Crippen LogP contribution in [0.3, 0.4) is 0 Å². The van der Waals surface area contributed by atoms with Crippen molar-refractivity contribution in [3.05, 3.63) is 0 Å². The molecule has 0 heterocycles. The molecule has 3 heteroatoms. The second-order valence-corrected chi connectivity index (χ2v) is 5.18. The minimum atomic E-state index is -0.607. The maximum Gasteiger partial charge on any atom is 0.0895 e. The number of hydrogen-bond donors (Lipinski definition) is 3. The van der Waals surface area contributed by atoms with Crippen molar-refractivity contribution in [1.29, 1.82) is 0 Å². The minimum absolute atomic E-state index is 0.148. The van der Waals surface area contributed by atoms with E-state index in [2.05, 4.69) is 19.2 Å². The van der Waals surface area contributed by atoms with Gasteiger partial charge in [-0.3, -0.25) is 0 Å². The molecule has 0 saturated heterocycles. The fourth-order valence-electron chi connectivity index (χ4n) is 1.97. The highest BCUT2D eigenvalue weighted by molar-refractivity contribution is 4.82. The predicted molar refractivity (Wildman–Crippen MR) is 57.1 cm³/mol. The normalized spacial score (nSPS) is 24.9. The first-order valence-electron chi connectivity index (χ1n) is 5.56. The molecule has 0 aromatic rings. The van der Waals surface area contributed by atoms with Crippen molar-refractivity contribution in [3.63, 3.8) is 0 Å². The fraction of sp³-hybridized carbons (Fsp3) is 1.00. The molecule has 0 bridgehead atoms. The first kappa shape index (κ1) is 12.0. The van der Waals surface area contributed by atoms with Gasteiger partial charge >= 0.3 is 0 Å². The summed E-state index contributed by atoms with van der Waals surface area (Å²) in [5, 5.41) is 21.1. The van der Waals surface area contributed by atoms with Crippen LogP contribution < -0.4 is 5.32 Å². The van der Waals surface area contributed by atoms with Crippen LogP contribution in [0.15, 0.2) is 0 Å². The third-order valence-corrected chi connectivity index (χ3v) is 3.19. The minimum Gasteiger partial charge on any atom is -0.394 e. The van der Waals surface area contributed by atoms with Crippen LogP contribution in [0.5, 0.6) is 0 Å². The van der Waals surface area contributed by atoms with Gasteiger partial charge in [-0.2, -0.15) is 0 Å². The Morgan fingerprint density at radius 3 is 2.43 bits per heavy atom. The van der Waals surface area contributed by atoms with Gasteiger partial charge in [-0.25, -0.2) is 0 Å². The Morgan fingerprint density at radius 2 is 1.93 bits per heavy atom. The molecule has 1 aliphatic carbocycles. The average molecular weight is 201 g/mol. The van der Waals surface area contributed by atoms with E-state index in [0.29, 0.717) is 18.0 Å². The van der Waals surface area contributed by atoms with Crippen molar-refractivity contribution in [2.24, 2.45) is 5.41 Å². The number of rotatable bonds is 4. The molecule has 0 aromatic heterocycles. The van der Waals surface area contributed by atoms with E-state index in [1.54, 1.807) is 0 Å². The predicted octanol–water partition coefficient (Wildman–Crippen LogP) is 0.898. The van der Waals surface area contributed by atoms with Crippen LogP contribution in [0.25, 0.3) is 0 Å². The standard InChI is InChI=1S/C11H23NO2/c1-11(2)5-3-9(4-6-11)12-7-10(14)8-13/h9-10,12-14H,3-8H2,1-2H3. The molecule has 1 saturated carbocycles.